The normalized spacial score (nSPS) is 18.1. The Hall–Kier alpha value is -1.85. The van der Waals surface area contributed by atoms with Crippen molar-refractivity contribution < 1.29 is 19.8 Å². The van der Waals surface area contributed by atoms with Crippen LogP contribution >= 0.6 is 0 Å². The zero-order valence-electron chi connectivity index (χ0n) is 9.50. The summed E-state index contributed by atoms with van der Waals surface area (Å²) < 4.78 is 0. The Morgan fingerprint density at radius 2 is 1.71 bits per heavy atom. The standard InChI is InChI=1S/C7H12N2.C4H4O4/c1-3-7-8-4-2-6-9(7)5-1;5-3(6)1-2-4(7)8/h1-6H2;1-2H,(H,5,6)(H,7,8)/b;2-1+. The predicted octanol–water partition coefficient (Wildman–Crippen LogP) is 0.596. The molecule has 2 heterocycles. The lowest BCUT2D eigenvalue weighted by atomic mass is 10.3. The van der Waals surface area contributed by atoms with E-state index in [1.165, 1.54) is 38.2 Å². The van der Waals surface area contributed by atoms with Gasteiger partial charge in [0.1, 0.15) is 0 Å². The number of carboxylic acids is 2. The molecular formula is C11H16N2O4. The van der Waals surface area contributed by atoms with Crippen molar-refractivity contribution in [2.75, 3.05) is 19.6 Å². The van der Waals surface area contributed by atoms with Crippen molar-refractivity contribution in [2.24, 2.45) is 4.99 Å². The first kappa shape index (κ1) is 13.2. The first-order valence-corrected chi connectivity index (χ1v) is 5.52. The second-order valence-corrected chi connectivity index (χ2v) is 3.75. The molecule has 6 heteroatoms. The number of rotatable bonds is 2. The highest BCUT2D eigenvalue weighted by Crippen LogP contribution is 2.14. The van der Waals surface area contributed by atoms with Crippen LogP contribution in [0.1, 0.15) is 19.3 Å². The van der Waals surface area contributed by atoms with Crippen LogP contribution in [0.2, 0.25) is 0 Å². The monoisotopic (exact) mass is 240 g/mol. The fourth-order valence-electron chi connectivity index (χ4n) is 1.75. The lowest BCUT2D eigenvalue weighted by molar-refractivity contribution is -0.134. The molecular weight excluding hydrogens is 224 g/mol. The molecule has 94 valence electrons. The third-order valence-corrected chi connectivity index (χ3v) is 2.44. The lowest BCUT2D eigenvalue weighted by Gasteiger charge is -2.21. The highest BCUT2D eigenvalue weighted by atomic mass is 16.4. The molecule has 1 fully saturated rings. The molecule has 0 aliphatic carbocycles. The minimum Gasteiger partial charge on any atom is -0.478 e. The molecule has 0 spiro atoms. The van der Waals surface area contributed by atoms with E-state index in [0.717, 1.165) is 6.54 Å². The van der Waals surface area contributed by atoms with Gasteiger partial charge in [-0.2, -0.15) is 0 Å². The Morgan fingerprint density at radius 3 is 2.24 bits per heavy atom. The van der Waals surface area contributed by atoms with Gasteiger partial charge < -0.3 is 15.1 Å². The molecule has 0 amide bonds. The largest absolute Gasteiger partial charge is 0.478 e. The zero-order chi connectivity index (χ0) is 12.7. The number of aliphatic imine (C=N–C) groups is 1. The number of hydrogen-bond donors (Lipinski definition) is 2. The Labute approximate surface area is 99.3 Å². The van der Waals surface area contributed by atoms with Crippen LogP contribution in [0.4, 0.5) is 0 Å². The number of carbonyl (C=O) groups is 2. The van der Waals surface area contributed by atoms with Gasteiger partial charge in [0, 0.05) is 38.2 Å². The molecule has 0 aromatic carbocycles. The van der Waals surface area contributed by atoms with Crippen LogP contribution in [-0.2, 0) is 9.59 Å². The summed E-state index contributed by atoms with van der Waals surface area (Å²) >= 11 is 0. The van der Waals surface area contributed by atoms with Crippen molar-refractivity contribution in [1.82, 2.24) is 4.90 Å². The number of carboxylic acid groups (broad SMARTS) is 2. The maximum Gasteiger partial charge on any atom is 0.328 e. The molecule has 2 N–H and O–H groups in total. The molecule has 0 aromatic heterocycles. The second-order valence-electron chi connectivity index (χ2n) is 3.75. The predicted molar refractivity (Wildman–Crippen MR) is 62.1 cm³/mol. The molecule has 2 aliphatic heterocycles. The molecule has 0 saturated carbocycles. The minimum absolute atomic E-state index is 0.558. The van der Waals surface area contributed by atoms with E-state index in [1.807, 2.05) is 0 Å². The highest BCUT2D eigenvalue weighted by Gasteiger charge is 2.19. The summed E-state index contributed by atoms with van der Waals surface area (Å²) in [6.07, 6.45) is 4.95. The maximum atomic E-state index is 9.55. The number of fused-ring (bicyclic) bond motifs is 1. The van der Waals surface area contributed by atoms with Crippen molar-refractivity contribution in [3.8, 4) is 0 Å². The van der Waals surface area contributed by atoms with Gasteiger partial charge in [-0.3, -0.25) is 4.99 Å². The SMILES string of the molecule is C1CN=C2CCCN2C1.O=C(O)/C=C/C(=O)O. The third-order valence-electron chi connectivity index (χ3n) is 2.44. The molecule has 2 rings (SSSR count). The van der Waals surface area contributed by atoms with E-state index in [-0.39, 0.29) is 0 Å². The molecule has 17 heavy (non-hydrogen) atoms. The van der Waals surface area contributed by atoms with Gasteiger partial charge in [0.2, 0.25) is 0 Å². The van der Waals surface area contributed by atoms with E-state index in [2.05, 4.69) is 9.89 Å². The Morgan fingerprint density at radius 1 is 1.12 bits per heavy atom. The van der Waals surface area contributed by atoms with E-state index in [1.54, 1.807) is 0 Å². The Kier molecular flexibility index (Phi) is 5.19. The van der Waals surface area contributed by atoms with Gasteiger partial charge in [-0.1, -0.05) is 0 Å². The summed E-state index contributed by atoms with van der Waals surface area (Å²) in [5.74, 6) is -1.14. The van der Waals surface area contributed by atoms with Gasteiger partial charge in [0.15, 0.2) is 0 Å². The van der Waals surface area contributed by atoms with Crippen molar-refractivity contribution >= 4 is 17.8 Å². The van der Waals surface area contributed by atoms with E-state index in [4.69, 9.17) is 10.2 Å². The van der Waals surface area contributed by atoms with Crippen molar-refractivity contribution in [1.29, 1.82) is 0 Å². The Bertz CT molecular complexity index is 333. The molecule has 0 unspecified atom stereocenters. The number of nitrogens with zero attached hydrogens (tertiary/aromatic N) is 2. The molecule has 0 atom stereocenters. The number of hydrogen-bond acceptors (Lipinski definition) is 4. The lowest BCUT2D eigenvalue weighted by Crippen LogP contribution is -2.29. The number of aliphatic carboxylic acids is 2. The van der Waals surface area contributed by atoms with Gasteiger partial charge in [-0.15, -0.1) is 0 Å². The third kappa shape index (κ3) is 5.14. The van der Waals surface area contributed by atoms with Crippen LogP contribution in [0.3, 0.4) is 0 Å². The molecule has 0 bridgehead atoms. The van der Waals surface area contributed by atoms with Crippen molar-refractivity contribution in [3.05, 3.63) is 12.2 Å². The van der Waals surface area contributed by atoms with Gasteiger partial charge in [0.25, 0.3) is 0 Å². The summed E-state index contributed by atoms with van der Waals surface area (Å²) in [4.78, 5) is 26.0. The topological polar surface area (TPSA) is 90.2 Å². The summed E-state index contributed by atoms with van der Waals surface area (Å²) in [7, 11) is 0. The first-order chi connectivity index (χ1) is 8.09. The number of amidine groups is 1. The molecule has 2 aliphatic rings. The van der Waals surface area contributed by atoms with Crippen LogP contribution in [0.15, 0.2) is 17.1 Å². The summed E-state index contributed by atoms with van der Waals surface area (Å²) in [6, 6.07) is 0. The van der Waals surface area contributed by atoms with E-state index in [9.17, 15) is 9.59 Å². The average Bonchev–Trinajstić information content (AvgIpc) is 2.75. The quantitative estimate of drug-likeness (QED) is 0.690. The summed E-state index contributed by atoms with van der Waals surface area (Å²) in [5.41, 5.74) is 0. The molecule has 0 aromatic rings. The smallest absolute Gasteiger partial charge is 0.328 e. The van der Waals surface area contributed by atoms with Crippen LogP contribution in [0.5, 0.6) is 0 Å². The highest BCUT2D eigenvalue weighted by molar-refractivity contribution is 5.89. The van der Waals surface area contributed by atoms with Gasteiger partial charge in [-0.25, -0.2) is 9.59 Å². The molecule has 6 nitrogen and oxygen atoms in total. The van der Waals surface area contributed by atoms with Crippen molar-refractivity contribution in [2.45, 2.75) is 19.3 Å². The molecule has 1 saturated heterocycles. The Balaban J connectivity index is 0.000000172. The minimum atomic E-state index is -1.26. The van der Waals surface area contributed by atoms with E-state index < -0.39 is 11.9 Å². The fraction of sp³-hybridized carbons (Fsp3) is 0.545. The maximum absolute atomic E-state index is 9.55. The fourth-order valence-corrected chi connectivity index (χ4v) is 1.75. The first-order valence-electron chi connectivity index (χ1n) is 5.52. The van der Waals surface area contributed by atoms with E-state index >= 15 is 0 Å². The van der Waals surface area contributed by atoms with Crippen LogP contribution in [0, 0.1) is 0 Å². The zero-order valence-corrected chi connectivity index (χ0v) is 9.50. The summed E-state index contributed by atoms with van der Waals surface area (Å²) in [6.45, 7) is 3.60. The van der Waals surface area contributed by atoms with Crippen LogP contribution < -0.4 is 0 Å². The van der Waals surface area contributed by atoms with Crippen LogP contribution in [-0.4, -0.2) is 52.5 Å². The van der Waals surface area contributed by atoms with Gasteiger partial charge in [-0.05, 0) is 12.8 Å². The van der Waals surface area contributed by atoms with Crippen molar-refractivity contribution in [3.63, 3.8) is 0 Å². The molecule has 0 radical (unpaired) electrons. The van der Waals surface area contributed by atoms with Gasteiger partial charge >= 0.3 is 11.9 Å². The summed E-state index contributed by atoms with van der Waals surface area (Å²) in [5, 5.41) is 15.6. The average molecular weight is 240 g/mol. The second kappa shape index (κ2) is 6.67. The van der Waals surface area contributed by atoms with E-state index in [0.29, 0.717) is 12.2 Å². The van der Waals surface area contributed by atoms with Gasteiger partial charge in [0.05, 0.1) is 5.84 Å². The van der Waals surface area contributed by atoms with Crippen LogP contribution in [0.25, 0.3) is 0 Å².